The molecule has 2 N–H and O–H groups in total. The number of amides is 1. The molecule has 0 saturated carbocycles. The van der Waals surface area contributed by atoms with Gasteiger partial charge in [0, 0.05) is 33.5 Å². The van der Waals surface area contributed by atoms with Crippen molar-refractivity contribution in [3.8, 4) is 11.3 Å². The van der Waals surface area contributed by atoms with Crippen molar-refractivity contribution in [1.29, 1.82) is 0 Å². The van der Waals surface area contributed by atoms with Crippen LogP contribution >= 0.6 is 34.2 Å². The maximum absolute atomic E-state index is 12.8. The van der Waals surface area contributed by atoms with E-state index in [0.29, 0.717) is 47.4 Å². The first kappa shape index (κ1) is 26.0. The first-order valence-electron chi connectivity index (χ1n) is 11.6. The summed E-state index contributed by atoms with van der Waals surface area (Å²) >= 11 is 8.26. The zero-order chi connectivity index (χ0) is 25.5. The highest BCUT2D eigenvalue weighted by molar-refractivity contribution is 14.1. The normalized spacial score (nSPS) is 10.9. The summed E-state index contributed by atoms with van der Waals surface area (Å²) in [6.45, 7) is 0.390. The van der Waals surface area contributed by atoms with Gasteiger partial charge in [-0.15, -0.1) is 0 Å². The predicted molar refractivity (Wildman–Crippen MR) is 151 cm³/mol. The quantitative estimate of drug-likeness (QED) is 0.119. The van der Waals surface area contributed by atoms with E-state index in [1.54, 1.807) is 24.3 Å². The highest BCUT2D eigenvalue weighted by Gasteiger charge is 2.14. The summed E-state index contributed by atoms with van der Waals surface area (Å²) in [4.78, 5) is 33.5. The minimum absolute atomic E-state index is 0.124. The van der Waals surface area contributed by atoms with E-state index in [9.17, 15) is 9.59 Å². The third-order valence-electron chi connectivity index (χ3n) is 5.80. The Kier molecular flexibility index (Phi) is 8.88. The molecule has 36 heavy (non-hydrogen) atoms. The number of carboxylic acids is 1. The largest absolute Gasteiger partial charge is 0.481 e. The number of rotatable bonds is 10. The lowest BCUT2D eigenvalue weighted by Gasteiger charge is -2.12. The summed E-state index contributed by atoms with van der Waals surface area (Å²) in [5.74, 6) is -1.00. The van der Waals surface area contributed by atoms with E-state index in [0.717, 1.165) is 26.9 Å². The molecule has 0 radical (unpaired) electrons. The van der Waals surface area contributed by atoms with Gasteiger partial charge in [0.25, 0.3) is 5.91 Å². The van der Waals surface area contributed by atoms with Crippen LogP contribution in [0.15, 0.2) is 66.7 Å². The lowest BCUT2D eigenvalue weighted by molar-refractivity contribution is -0.137. The summed E-state index contributed by atoms with van der Waals surface area (Å²) in [5, 5.41) is 12.6. The van der Waals surface area contributed by atoms with Crippen molar-refractivity contribution >= 4 is 57.1 Å². The van der Waals surface area contributed by atoms with Crippen molar-refractivity contribution in [3.63, 3.8) is 0 Å². The van der Waals surface area contributed by atoms with Crippen LogP contribution in [-0.2, 0) is 22.2 Å². The minimum Gasteiger partial charge on any atom is -0.481 e. The molecule has 0 aliphatic heterocycles. The number of halogens is 2. The molecule has 4 aromatic rings. The monoisotopic (exact) mass is 613 g/mol. The minimum atomic E-state index is -0.802. The molecule has 0 bridgehead atoms. The lowest BCUT2D eigenvalue weighted by atomic mass is 10.0. The number of aliphatic carboxylic acids is 1. The van der Waals surface area contributed by atoms with Crippen LogP contribution in [0.5, 0.6) is 0 Å². The van der Waals surface area contributed by atoms with Crippen molar-refractivity contribution in [2.45, 2.75) is 36.7 Å². The van der Waals surface area contributed by atoms with Crippen LogP contribution in [0, 0.1) is 0 Å². The van der Waals surface area contributed by atoms with Gasteiger partial charge in [0.1, 0.15) is 0 Å². The highest BCUT2D eigenvalue weighted by atomic mass is 127. The first-order valence-corrected chi connectivity index (χ1v) is 13.5. The molecule has 6 nitrogen and oxygen atoms in total. The Morgan fingerprint density at radius 1 is 0.889 bits per heavy atom. The van der Waals surface area contributed by atoms with Crippen molar-refractivity contribution in [3.05, 3.63) is 94.1 Å². The van der Waals surface area contributed by atoms with Crippen LogP contribution in [0.4, 0.5) is 0 Å². The molecule has 0 unspecified atom stereocenters. The number of aromatic nitrogens is 2. The van der Waals surface area contributed by atoms with Crippen LogP contribution in [0.25, 0.3) is 22.3 Å². The number of unbranched alkanes of at least 4 members (excludes halogenated alkanes) is 1. The van der Waals surface area contributed by atoms with Gasteiger partial charge in [0.05, 0.1) is 22.4 Å². The molecule has 8 heteroatoms. The molecule has 0 fully saturated rings. The Balaban J connectivity index is 1.60. The molecular weight excluding hydrogens is 589 g/mol. The van der Waals surface area contributed by atoms with Crippen LogP contribution in [0.3, 0.4) is 0 Å². The molecule has 1 heterocycles. The fourth-order valence-corrected chi connectivity index (χ4v) is 4.48. The van der Waals surface area contributed by atoms with Gasteiger partial charge in [-0.3, -0.25) is 9.59 Å². The second-order valence-corrected chi connectivity index (χ2v) is 9.66. The van der Waals surface area contributed by atoms with Gasteiger partial charge in [-0.1, -0.05) is 70.6 Å². The number of hydrogen-bond donors (Lipinski definition) is 2. The molecule has 3 aromatic carbocycles. The molecule has 0 aliphatic carbocycles. The van der Waals surface area contributed by atoms with E-state index in [4.69, 9.17) is 26.7 Å². The summed E-state index contributed by atoms with van der Waals surface area (Å²) in [7, 11) is 0. The Hall–Kier alpha value is -3.04. The molecule has 1 aromatic heterocycles. The Morgan fingerprint density at radius 2 is 1.61 bits per heavy atom. The van der Waals surface area contributed by atoms with E-state index in [1.165, 1.54) is 5.56 Å². The summed E-state index contributed by atoms with van der Waals surface area (Å²) < 4.78 is 0.923. The van der Waals surface area contributed by atoms with Gasteiger partial charge < -0.3 is 10.4 Å². The number of alkyl halides is 1. The van der Waals surface area contributed by atoms with E-state index in [1.807, 2.05) is 30.3 Å². The second kappa shape index (κ2) is 12.3. The Bertz CT molecular complexity index is 1380. The van der Waals surface area contributed by atoms with E-state index in [-0.39, 0.29) is 12.3 Å². The lowest BCUT2D eigenvalue weighted by Crippen LogP contribution is -2.22. The fraction of sp³-hybridized carbons (Fsp3) is 0.214. The SMILES string of the molecule is O=C(O)CCCCc1nc2cc(C(=O)NCc3ccc(Cl)cc3)ccc2nc1-c1ccc(CI)cc1. The Labute approximate surface area is 228 Å². The van der Waals surface area contributed by atoms with E-state index < -0.39 is 5.97 Å². The van der Waals surface area contributed by atoms with E-state index in [2.05, 4.69) is 40.0 Å². The standard InChI is InChI=1S/C28H25ClIN3O3/c29-22-12-7-19(8-13-22)17-31-28(36)21-11-14-23-25(15-21)32-24(3-1-2-4-26(34)35)27(33-23)20-9-5-18(16-30)6-10-20/h5-15H,1-4,16-17H2,(H,31,36)(H,34,35). The van der Waals surface area contributed by atoms with Crippen molar-refractivity contribution in [1.82, 2.24) is 15.3 Å². The molecule has 0 atom stereocenters. The maximum atomic E-state index is 12.8. The number of aryl methyl sites for hydroxylation is 1. The van der Waals surface area contributed by atoms with Gasteiger partial charge >= 0.3 is 5.97 Å². The van der Waals surface area contributed by atoms with Gasteiger partial charge in [0.2, 0.25) is 0 Å². The number of hydrogen-bond acceptors (Lipinski definition) is 4. The number of benzene rings is 3. The maximum Gasteiger partial charge on any atom is 0.303 e. The molecule has 4 rings (SSSR count). The van der Waals surface area contributed by atoms with Gasteiger partial charge in [0.15, 0.2) is 0 Å². The van der Waals surface area contributed by atoms with Crippen LogP contribution in [0.1, 0.15) is 46.4 Å². The number of carbonyl (C=O) groups excluding carboxylic acids is 1. The average Bonchev–Trinajstić information content (AvgIpc) is 2.89. The number of carbonyl (C=O) groups is 2. The number of nitrogens with zero attached hydrogens (tertiary/aromatic N) is 2. The molecule has 0 aliphatic rings. The van der Waals surface area contributed by atoms with Crippen LogP contribution < -0.4 is 5.32 Å². The third-order valence-corrected chi connectivity index (χ3v) is 6.93. The molecule has 0 spiro atoms. The van der Waals surface area contributed by atoms with Gasteiger partial charge in [-0.05, 0) is 60.7 Å². The molecular formula is C28H25ClIN3O3. The van der Waals surface area contributed by atoms with Crippen molar-refractivity contribution in [2.24, 2.45) is 0 Å². The zero-order valence-corrected chi connectivity index (χ0v) is 22.4. The first-order chi connectivity index (χ1) is 17.4. The smallest absolute Gasteiger partial charge is 0.303 e. The fourth-order valence-electron chi connectivity index (χ4n) is 3.84. The number of carboxylic acid groups (broad SMARTS) is 1. The average molecular weight is 614 g/mol. The third kappa shape index (κ3) is 6.79. The molecule has 1 amide bonds. The molecule has 184 valence electrons. The summed E-state index contributed by atoms with van der Waals surface area (Å²) in [6.07, 6.45) is 1.98. The summed E-state index contributed by atoms with van der Waals surface area (Å²) in [5.41, 5.74) is 6.58. The highest BCUT2D eigenvalue weighted by Crippen LogP contribution is 2.26. The Morgan fingerprint density at radius 3 is 2.31 bits per heavy atom. The predicted octanol–water partition coefficient (Wildman–Crippen LogP) is 6.61. The number of fused-ring (bicyclic) bond motifs is 1. The zero-order valence-electron chi connectivity index (χ0n) is 19.5. The second-order valence-electron chi connectivity index (χ2n) is 8.46. The van der Waals surface area contributed by atoms with Crippen LogP contribution in [0.2, 0.25) is 5.02 Å². The summed E-state index contributed by atoms with van der Waals surface area (Å²) in [6, 6.07) is 20.9. The van der Waals surface area contributed by atoms with Gasteiger partial charge in [-0.25, -0.2) is 9.97 Å². The van der Waals surface area contributed by atoms with Crippen molar-refractivity contribution < 1.29 is 14.7 Å². The van der Waals surface area contributed by atoms with Crippen molar-refractivity contribution in [2.75, 3.05) is 0 Å². The van der Waals surface area contributed by atoms with Crippen LogP contribution in [-0.4, -0.2) is 27.0 Å². The van der Waals surface area contributed by atoms with E-state index >= 15 is 0 Å². The molecule has 0 saturated heterocycles. The van der Waals surface area contributed by atoms with Gasteiger partial charge in [-0.2, -0.15) is 0 Å². The topological polar surface area (TPSA) is 92.2 Å². The number of nitrogens with one attached hydrogen (secondary N) is 1.